The van der Waals surface area contributed by atoms with Crippen LogP contribution in [0.3, 0.4) is 0 Å². The first-order chi connectivity index (χ1) is 12.1. The minimum absolute atomic E-state index is 0. The summed E-state index contributed by atoms with van der Waals surface area (Å²) >= 11 is 0. The topological polar surface area (TPSA) is 50.2 Å². The Morgan fingerprint density at radius 1 is 1.19 bits per heavy atom. The van der Waals surface area contributed by atoms with E-state index < -0.39 is 0 Å². The standard InChI is InChI=1S/C20H26N4O.ClH/c1-14-7-9-16(10-8-14)24-18-6-4-3-5-17(18)19(22-24)20(25)23-12-11-21-13-15(23)2;/h7-10,15,21H,3-6,11-13H2,1-2H3;1H. The fourth-order valence-corrected chi connectivity index (χ4v) is 3.95. The average Bonchev–Trinajstić information content (AvgIpc) is 3.02. The van der Waals surface area contributed by atoms with E-state index in [-0.39, 0.29) is 24.4 Å². The van der Waals surface area contributed by atoms with Gasteiger partial charge in [-0.1, -0.05) is 17.7 Å². The van der Waals surface area contributed by atoms with Crippen molar-refractivity contribution >= 4 is 18.3 Å². The van der Waals surface area contributed by atoms with Crippen LogP contribution in [0.2, 0.25) is 0 Å². The van der Waals surface area contributed by atoms with Gasteiger partial charge in [0.1, 0.15) is 0 Å². The second kappa shape index (κ2) is 7.80. The molecule has 1 aromatic heterocycles. The summed E-state index contributed by atoms with van der Waals surface area (Å²) in [6, 6.07) is 8.61. The van der Waals surface area contributed by atoms with Gasteiger partial charge < -0.3 is 10.2 Å². The van der Waals surface area contributed by atoms with E-state index in [0.717, 1.165) is 44.6 Å². The normalized spacial score (nSPS) is 19.6. The summed E-state index contributed by atoms with van der Waals surface area (Å²) in [6.07, 6.45) is 4.27. The Balaban J connectivity index is 0.00000196. The first-order valence-corrected chi connectivity index (χ1v) is 9.34. The Labute approximate surface area is 161 Å². The first kappa shape index (κ1) is 18.9. The third-order valence-electron chi connectivity index (χ3n) is 5.42. The van der Waals surface area contributed by atoms with Gasteiger partial charge in [-0.15, -0.1) is 12.4 Å². The molecule has 0 radical (unpaired) electrons. The maximum absolute atomic E-state index is 13.2. The molecule has 0 bridgehead atoms. The van der Waals surface area contributed by atoms with Crippen LogP contribution in [0, 0.1) is 6.92 Å². The SMILES string of the molecule is Cc1ccc(-n2nc(C(=O)N3CCNCC3C)c3c2CCCC3)cc1.Cl. The van der Waals surface area contributed by atoms with Crippen molar-refractivity contribution < 1.29 is 4.79 Å². The van der Waals surface area contributed by atoms with Gasteiger partial charge in [-0.25, -0.2) is 4.68 Å². The molecule has 2 aliphatic rings. The highest BCUT2D eigenvalue weighted by atomic mass is 35.5. The first-order valence-electron chi connectivity index (χ1n) is 9.34. The van der Waals surface area contributed by atoms with Gasteiger partial charge in [0.05, 0.1) is 5.69 Å². The third-order valence-corrected chi connectivity index (χ3v) is 5.42. The number of benzene rings is 1. The van der Waals surface area contributed by atoms with Gasteiger partial charge in [0, 0.05) is 36.9 Å². The molecule has 4 rings (SSSR count). The average molecular weight is 375 g/mol. The molecule has 1 aliphatic heterocycles. The molecule has 0 saturated carbocycles. The molecule has 1 saturated heterocycles. The Morgan fingerprint density at radius 2 is 1.92 bits per heavy atom. The van der Waals surface area contributed by atoms with E-state index in [1.807, 2.05) is 9.58 Å². The number of rotatable bonds is 2. The minimum atomic E-state index is 0. The Morgan fingerprint density at radius 3 is 2.65 bits per heavy atom. The largest absolute Gasteiger partial charge is 0.332 e. The van der Waals surface area contributed by atoms with Crippen LogP contribution in [0.5, 0.6) is 0 Å². The van der Waals surface area contributed by atoms with Crippen LogP contribution in [-0.4, -0.2) is 46.3 Å². The minimum Gasteiger partial charge on any atom is -0.332 e. The molecular formula is C20H27ClN4O. The molecule has 1 aromatic carbocycles. The molecule has 1 unspecified atom stereocenters. The number of carbonyl (C=O) groups excluding carboxylic acids is 1. The lowest BCUT2D eigenvalue weighted by Crippen LogP contribution is -2.52. The highest BCUT2D eigenvalue weighted by molar-refractivity contribution is 5.94. The number of aromatic nitrogens is 2. The number of fused-ring (bicyclic) bond motifs is 1. The molecule has 2 aromatic rings. The smallest absolute Gasteiger partial charge is 0.274 e. The van der Waals surface area contributed by atoms with Crippen LogP contribution in [0.15, 0.2) is 24.3 Å². The number of halogens is 1. The molecule has 1 amide bonds. The van der Waals surface area contributed by atoms with Crippen molar-refractivity contribution in [3.05, 3.63) is 46.8 Å². The molecule has 1 N–H and O–H groups in total. The van der Waals surface area contributed by atoms with E-state index in [2.05, 4.69) is 43.4 Å². The van der Waals surface area contributed by atoms with E-state index in [0.29, 0.717) is 5.69 Å². The molecule has 140 valence electrons. The summed E-state index contributed by atoms with van der Waals surface area (Å²) < 4.78 is 2.01. The highest BCUT2D eigenvalue weighted by Crippen LogP contribution is 2.28. The number of amides is 1. The maximum atomic E-state index is 13.2. The summed E-state index contributed by atoms with van der Waals surface area (Å²) in [5, 5.41) is 8.16. The van der Waals surface area contributed by atoms with Gasteiger partial charge in [-0.05, 0) is 51.7 Å². The Bertz CT molecular complexity index is 784. The molecule has 1 atom stereocenters. The predicted octanol–water partition coefficient (Wildman–Crippen LogP) is 2.92. The number of hydrogen-bond acceptors (Lipinski definition) is 3. The van der Waals surface area contributed by atoms with E-state index in [1.54, 1.807) is 0 Å². The van der Waals surface area contributed by atoms with Crippen LogP contribution in [0.25, 0.3) is 5.69 Å². The zero-order valence-electron chi connectivity index (χ0n) is 15.5. The second-order valence-corrected chi connectivity index (χ2v) is 7.28. The van der Waals surface area contributed by atoms with E-state index in [1.165, 1.54) is 23.2 Å². The van der Waals surface area contributed by atoms with Crippen molar-refractivity contribution in [1.82, 2.24) is 20.0 Å². The fraction of sp³-hybridized carbons (Fsp3) is 0.500. The molecule has 5 nitrogen and oxygen atoms in total. The lowest BCUT2D eigenvalue weighted by atomic mass is 9.95. The molecule has 2 heterocycles. The summed E-state index contributed by atoms with van der Waals surface area (Å²) in [5.41, 5.74) is 5.35. The number of nitrogens with zero attached hydrogens (tertiary/aromatic N) is 3. The maximum Gasteiger partial charge on any atom is 0.274 e. The van der Waals surface area contributed by atoms with E-state index in [9.17, 15) is 4.79 Å². The number of carbonyl (C=O) groups is 1. The van der Waals surface area contributed by atoms with E-state index >= 15 is 0 Å². The van der Waals surface area contributed by atoms with Crippen molar-refractivity contribution in [2.75, 3.05) is 19.6 Å². The van der Waals surface area contributed by atoms with Crippen LogP contribution in [0.1, 0.15) is 47.1 Å². The van der Waals surface area contributed by atoms with Crippen LogP contribution in [-0.2, 0) is 12.8 Å². The van der Waals surface area contributed by atoms with Crippen molar-refractivity contribution in [2.45, 2.75) is 45.6 Å². The van der Waals surface area contributed by atoms with Crippen molar-refractivity contribution in [3.63, 3.8) is 0 Å². The van der Waals surface area contributed by atoms with Crippen molar-refractivity contribution in [1.29, 1.82) is 0 Å². The zero-order valence-corrected chi connectivity index (χ0v) is 16.3. The Kier molecular flexibility index (Phi) is 5.68. The van der Waals surface area contributed by atoms with Gasteiger partial charge in [0.2, 0.25) is 0 Å². The third kappa shape index (κ3) is 3.38. The molecule has 6 heteroatoms. The number of hydrogen-bond donors (Lipinski definition) is 1. The molecular weight excluding hydrogens is 348 g/mol. The quantitative estimate of drug-likeness (QED) is 0.879. The zero-order chi connectivity index (χ0) is 17.4. The molecule has 1 aliphatic carbocycles. The van der Waals surface area contributed by atoms with Gasteiger partial charge in [0.15, 0.2) is 5.69 Å². The summed E-state index contributed by atoms with van der Waals surface area (Å²) in [4.78, 5) is 15.2. The van der Waals surface area contributed by atoms with Gasteiger partial charge in [0.25, 0.3) is 5.91 Å². The van der Waals surface area contributed by atoms with Crippen LogP contribution < -0.4 is 5.32 Å². The lowest BCUT2D eigenvalue weighted by molar-refractivity contribution is 0.0648. The van der Waals surface area contributed by atoms with Gasteiger partial charge in [-0.3, -0.25) is 4.79 Å². The number of piperazine rings is 1. The van der Waals surface area contributed by atoms with Crippen molar-refractivity contribution in [2.24, 2.45) is 0 Å². The molecule has 1 fully saturated rings. The predicted molar refractivity (Wildman–Crippen MR) is 106 cm³/mol. The van der Waals surface area contributed by atoms with Crippen LogP contribution >= 0.6 is 12.4 Å². The summed E-state index contributed by atoms with van der Waals surface area (Å²) in [6.45, 7) is 6.66. The Hall–Kier alpha value is -1.85. The number of nitrogens with one attached hydrogen (secondary N) is 1. The van der Waals surface area contributed by atoms with E-state index in [4.69, 9.17) is 5.10 Å². The highest BCUT2D eigenvalue weighted by Gasteiger charge is 2.31. The lowest BCUT2D eigenvalue weighted by Gasteiger charge is -2.33. The van der Waals surface area contributed by atoms with Gasteiger partial charge in [-0.2, -0.15) is 5.10 Å². The summed E-state index contributed by atoms with van der Waals surface area (Å²) in [5.74, 6) is 0.0954. The van der Waals surface area contributed by atoms with Crippen LogP contribution in [0.4, 0.5) is 0 Å². The monoisotopic (exact) mass is 374 g/mol. The van der Waals surface area contributed by atoms with Crippen molar-refractivity contribution in [3.8, 4) is 5.69 Å². The number of aryl methyl sites for hydroxylation is 1. The molecule has 0 spiro atoms. The fourth-order valence-electron chi connectivity index (χ4n) is 3.95. The van der Waals surface area contributed by atoms with Gasteiger partial charge >= 0.3 is 0 Å². The second-order valence-electron chi connectivity index (χ2n) is 7.28. The summed E-state index contributed by atoms with van der Waals surface area (Å²) in [7, 11) is 0. The molecule has 26 heavy (non-hydrogen) atoms.